The van der Waals surface area contributed by atoms with Crippen molar-refractivity contribution in [3.8, 4) is 11.5 Å². The van der Waals surface area contributed by atoms with Gasteiger partial charge in [0.15, 0.2) is 0 Å². The molecule has 0 atom stereocenters. The van der Waals surface area contributed by atoms with Crippen LogP contribution in [0.3, 0.4) is 0 Å². The normalized spacial score (nSPS) is 11.4. The van der Waals surface area contributed by atoms with Gasteiger partial charge in [-0.25, -0.2) is 8.42 Å². The van der Waals surface area contributed by atoms with Crippen LogP contribution in [0, 0.1) is 0 Å². The van der Waals surface area contributed by atoms with Crippen molar-refractivity contribution in [1.82, 2.24) is 0 Å². The number of benzene rings is 2. The Bertz CT molecular complexity index is 752. The molecule has 0 spiro atoms. The van der Waals surface area contributed by atoms with Crippen LogP contribution in [0.15, 0.2) is 53.9 Å². The molecule has 0 aliphatic heterocycles. The van der Waals surface area contributed by atoms with Gasteiger partial charge < -0.3 is 9.47 Å². The number of nitrogens with one attached hydrogen (secondary N) is 1. The van der Waals surface area contributed by atoms with Crippen molar-refractivity contribution in [2.75, 3.05) is 18.9 Å². The molecule has 0 saturated heterocycles. The Kier molecular flexibility index (Phi) is 5.06. The van der Waals surface area contributed by atoms with Crippen LogP contribution in [-0.2, 0) is 10.0 Å². The van der Waals surface area contributed by atoms with Crippen LogP contribution in [-0.4, -0.2) is 22.6 Å². The molecule has 6 heteroatoms. The van der Waals surface area contributed by atoms with E-state index in [1.165, 1.54) is 13.2 Å². The van der Waals surface area contributed by atoms with E-state index >= 15 is 0 Å². The maximum Gasteiger partial charge on any atom is 0.255 e. The first-order valence-electron chi connectivity index (χ1n) is 6.52. The molecule has 0 unspecified atom stereocenters. The van der Waals surface area contributed by atoms with Gasteiger partial charge in [-0.15, -0.1) is 0 Å². The monoisotopic (exact) mass is 319 g/mol. The van der Waals surface area contributed by atoms with E-state index < -0.39 is 10.0 Å². The molecule has 0 aliphatic rings. The second-order valence-corrected chi connectivity index (χ2v) is 5.99. The van der Waals surface area contributed by atoms with Crippen LogP contribution in [0.4, 0.5) is 5.69 Å². The van der Waals surface area contributed by atoms with E-state index in [1.54, 1.807) is 43.5 Å². The lowest BCUT2D eigenvalue weighted by atomic mass is 10.2. The molecular formula is C16H17NO4S. The molecule has 22 heavy (non-hydrogen) atoms. The molecule has 116 valence electrons. The minimum absolute atomic E-state index is 0.463. The average molecular weight is 319 g/mol. The highest BCUT2D eigenvalue weighted by molar-refractivity contribution is 7.95. The molecule has 0 fully saturated rings. The zero-order chi connectivity index (χ0) is 16.0. The summed E-state index contributed by atoms with van der Waals surface area (Å²) in [5, 5.41) is 1.11. The van der Waals surface area contributed by atoms with Crippen LogP contribution >= 0.6 is 0 Å². The molecule has 0 radical (unpaired) electrons. The Morgan fingerprint density at radius 2 is 1.64 bits per heavy atom. The molecule has 0 saturated carbocycles. The van der Waals surface area contributed by atoms with Crippen molar-refractivity contribution >= 4 is 21.8 Å². The third-order valence-electron chi connectivity index (χ3n) is 2.92. The number of para-hydroxylation sites is 1. The average Bonchev–Trinajstić information content (AvgIpc) is 2.53. The van der Waals surface area contributed by atoms with Crippen molar-refractivity contribution in [1.29, 1.82) is 0 Å². The third-order valence-corrected chi connectivity index (χ3v) is 3.93. The van der Waals surface area contributed by atoms with Gasteiger partial charge in [0, 0.05) is 11.3 Å². The van der Waals surface area contributed by atoms with Gasteiger partial charge >= 0.3 is 0 Å². The summed E-state index contributed by atoms with van der Waals surface area (Å²) in [6.45, 7) is 0. The summed E-state index contributed by atoms with van der Waals surface area (Å²) < 4.78 is 36.8. The highest BCUT2D eigenvalue weighted by Gasteiger charge is 2.06. The van der Waals surface area contributed by atoms with Crippen LogP contribution in [0.5, 0.6) is 11.5 Å². The molecule has 2 aromatic carbocycles. The Labute approximate surface area is 130 Å². The third kappa shape index (κ3) is 4.26. The Balaban J connectivity index is 2.14. The zero-order valence-electron chi connectivity index (χ0n) is 12.3. The summed E-state index contributed by atoms with van der Waals surface area (Å²) in [5.41, 5.74) is 1.15. The van der Waals surface area contributed by atoms with Gasteiger partial charge in [0.2, 0.25) is 0 Å². The van der Waals surface area contributed by atoms with Crippen LogP contribution < -0.4 is 14.2 Å². The number of hydrogen-bond acceptors (Lipinski definition) is 4. The van der Waals surface area contributed by atoms with Gasteiger partial charge in [0.1, 0.15) is 11.5 Å². The van der Waals surface area contributed by atoms with Crippen molar-refractivity contribution in [3.05, 3.63) is 59.5 Å². The molecule has 0 bridgehead atoms. The van der Waals surface area contributed by atoms with Gasteiger partial charge in [-0.05, 0) is 36.4 Å². The predicted molar refractivity (Wildman–Crippen MR) is 87.6 cm³/mol. The fourth-order valence-electron chi connectivity index (χ4n) is 1.82. The summed E-state index contributed by atoms with van der Waals surface area (Å²) in [5.74, 6) is 1.27. The van der Waals surface area contributed by atoms with E-state index in [-0.39, 0.29) is 0 Å². The predicted octanol–water partition coefficient (Wildman–Crippen LogP) is 3.12. The molecule has 0 aromatic heterocycles. The van der Waals surface area contributed by atoms with Gasteiger partial charge in [-0.2, -0.15) is 0 Å². The molecule has 5 nitrogen and oxygen atoms in total. The Morgan fingerprint density at radius 3 is 2.27 bits per heavy atom. The van der Waals surface area contributed by atoms with Gasteiger partial charge in [0.05, 0.1) is 19.6 Å². The van der Waals surface area contributed by atoms with Crippen molar-refractivity contribution < 1.29 is 17.9 Å². The molecule has 2 rings (SSSR count). The highest BCUT2D eigenvalue weighted by Crippen LogP contribution is 2.20. The molecular weight excluding hydrogens is 302 g/mol. The first kappa shape index (κ1) is 15.9. The van der Waals surface area contributed by atoms with Crippen molar-refractivity contribution in [2.24, 2.45) is 0 Å². The Hall–Kier alpha value is -2.47. The lowest BCUT2D eigenvalue weighted by Gasteiger charge is -2.06. The number of rotatable bonds is 6. The van der Waals surface area contributed by atoms with Crippen molar-refractivity contribution in [3.63, 3.8) is 0 Å². The lowest BCUT2D eigenvalue weighted by molar-refractivity contribution is 0.414. The SMILES string of the molecule is COc1ccc(NS(=O)(=O)/C=C/c2ccccc2OC)cc1. The number of ether oxygens (including phenoxy) is 2. The van der Waals surface area contributed by atoms with Crippen molar-refractivity contribution in [2.45, 2.75) is 0 Å². The van der Waals surface area contributed by atoms with E-state index in [0.717, 1.165) is 5.41 Å². The summed E-state index contributed by atoms with van der Waals surface area (Å²) in [6, 6.07) is 13.8. The van der Waals surface area contributed by atoms with Crippen LogP contribution in [0.2, 0.25) is 0 Å². The number of methoxy groups -OCH3 is 2. The number of anilines is 1. The van der Waals surface area contributed by atoms with Crippen LogP contribution in [0.25, 0.3) is 6.08 Å². The molecule has 0 amide bonds. The zero-order valence-corrected chi connectivity index (χ0v) is 13.1. The van der Waals surface area contributed by atoms with E-state index in [0.29, 0.717) is 22.7 Å². The molecule has 0 heterocycles. The van der Waals surface area contributed by atoms with E-state index in [4.69, 9.17) is 9.47 Å². The maximum atomic E-state index is 12.1. The van der Waals surface area contributed by atoms with E-state index in [2.05, 4.69) is 4.72 Å². The van der Waals surface area contributed by atoms with Gasteiger partial charge in [-0.3, -0.25) is 4.72 Å². The van der Waals surface area contributed by atoms with Gasteiger partial charge in [0.25, 0.3) is 10.0 Å². The molecule has 1 N–H and O–H groups in total. The Morgan fingerprint density at radius 1 is 0.955 bits per heavy atom. The minimum atomic E-state index is -3.60. The smallest absolute Gasteiger partial charge is 0.255 e. The largest absolute Gasteiger partial charge is 0.497 e. The summed E-state index contributed by atoms with van der Waals surface area (Å²) in [6.07, 6.45) is 1.49. The van der Waals surface area contributed by atoms with Gasteiger partial charge in [-0.1, -0.05) is 18.2 Å². The minimum Gasteiger partial charge on any atom is -0.497 e. The number of hydrogen-bond donors (Lipinski definition) is 1. The lowest BCUT2D eigenvalue weighted by Crippen LogP contribution is -2.08. The summed E-state index contributed by atoms with van der Waals surface area (Å²) in [4.78, 5) is 0. The van der Waals surface area contributed by atoms with Crippen LogP contribution in [0.1, 0.15) is 5.56 Å². The second kappa shape index (κ2) is 7.00. The summed E-state index contributed by atoms with van der Waals surface area (Å²) in [7, 11) is -0.515. The summed E-state index contributed by atoms with van der Waals surface area (Å²) >= 11 is 0. The molecule has 2 aromatic rings. The van der Waals surface area contributed by atoms with E-state index in [9.17, 15) is 8.42 Å². The standard InChI is InChI=1S/C16H17NO4S/c1-20-15-9-7-14(8-10-15)17-22(18,19)12-11-13-5-3-4-6-16(13)21-2/h3-12,17H,1-2H3/b12-11+. The number of sulfonamides is 1. The second-order valence-electron chi connectivity index (χ2n) is 4.42. The quantitative estimate of drug-likeness (QED) is 0.888. The maximum absolute atomic E-state index is 12.1. The first-order valence-corrected chi connectivity index (χ1v) is 8.06. The first-order chi connectivity index (χ1) is 10.5. The fraction of sp³-hybridized carbons (Fsp3) is 0.125. The highest BCUT2D eigenvalue weighted by atomic mass is 32.2. The molecule has 0 aliphatic carbocycles. The van der Waals surface area contributed by atoms with E-state index in [1.807, 2.05) is 12.1 Å². The topological polar surface area (TPSA) is 64.6 Å². The fourth-order valence-corrected chi connectivity index (χ4v) is 2.68.